The van der Waals surface area contributed by atoms with Gasteiger partial charge >= 0.3 is 0 Å². The van der Waals surface area contributed by atoms with Crippen LogP contribution in [-0.4, -0.2) is 63.7 Å². The van der Waals surface area contributed by atoms with E-state index in [0.29, 0.717) is 12.5 Å². The molecular weight excluding hydrogens is 338 g/mol. The number of nitrogens with one attached hydrogen (secondary N) is 1. The second-order valence-corrected chi connectivity index (χ2v) is 8.54. The summed E-state index contributed by atoms with van der Waals surface area (Å²) in [5.41, 5.74) is 1.25. The lowest BCUT2D eigenvalue weighted by atomic mass is 9.75. The number of quaternary nitrogens is 1. The maximum absolute atomic E-state index is 12.8. The summed E-state index contributed by atoms with van der Waals surface area (Å²) in [5, 5.41) is 0. The van der Waals surface area contributed by atoms with Gasteiger partial charge in [-0.15, -0.1) is 0 Å². The Morgan fingerprint density at radius 1 is 1.04 bits per heavy atom. The maximum atomic E-state index is 12.8. The average molecular weight is 373 g/mol. The van der Waals surface area contributed by atoms with E-state index in [4.69, 9.17) is 4.74 Å². The van der Waals surface area contributed by atoms with Crippen LogP contribution in [0.25, 0.3) is 0 Å². The first-order chi connectivity index (χ1) is 13.2. The van der Waals surface area contributed by atoms with Gasteiger partial charge in [-0.25, -0.2) is 0 Å². The average Bonchev–Trinajstić information content (AvgIpc) is 2.74. The van der Waals surface area contributed by atoms with Crippen LogP contribution in [0.15, 0.2) is 24.3 Å². The highest BCUT2D eigenvalue weighted by Crippen LogP contribution is 2.35. The van der Waals surface area contributed by atoms with E-state index in [2.05, 4.69) is 21.9 Å². The largest absolute Gasteiger partial charge is 0.497 e. The van der Waals surface area contributed by atoms with Crippen molar-refractivity contribution in [1.82, 2.24) is 4.90 Å². The minimum atomic E-state index is 0.381. The molecule has 1 aliphatic carbocycles. The van der Waals surface area contributed by atoms with Crippen LogP contribution in [0, 0.1) is 11.8 Å². The summed E-state index contributed by atoms with van der Waals surface area (Å²) in [7, 11) is 1.70. The van der Waals surface area contributed by atoms with Crippen LogP contribution in [0.2, 0.25) is 0 Å². The van der Waals surface area contributed by atoms with Crippen LogP contribution >= 0.6 is 0 Å². The van der Waals surface area contributed by atoms with E-state index in [1.165, 1.54) is 42.7 Å². The molecule has 1 saturated carbocycles. The molecule has 1 aromatic rings. The molecule has 27 heavy (non-hydrogen) atoms. The van der Waals surface area contributed by atoms with Crippen molar-refractivity contribution in [1.29, 1.82) is 0 Å². The summed E-state index contributed by atoms with van der Waals surface area (Å²) in [4.78, 5) is 18.9. The number of carbonyl (C=O) groups excluding carboxylic acids is 1. The van der Waals surface area contributed by atoms with Gasteiger partial charge < -0.3 is 19.4 Å². The predicted molar refractivity (Wildman–Crippen MR) is 107 cm³/mol. The Bertz CT molecular complexity index is 625. The molecule has 1 aromatic carbocycles. The lowest BCUT2D eigenvalue weighted by Gasteiger charge is -2.41. The van der Waals surface area contributed by atoms with Crippen molar-refractivity contribution >= 4 is 11.6 Å². The van der Waals surface area contributed by atoms with Gasteiger partial charge in [0.25, 0.3) is 5.91 Å². The van der Waals surface area contributed by atoms with E-state index in [9.17, 15) is 4.79 Å². The SMILES string of the molecule is COc1ccc(N2CC[NH+](CC(=O)N3CC[C@@H]4CCCC[C@H]4C3)CC2)cc1. The van der Waals surface area contributed by atoms with Gasteiger partial charge in [0.05, 0.1) is 33.3 Å². The van der Waals surface area contributed by atoms with E-state index >= 15 is 0 Å². The molecule has 0 bridgehead atoms. The zero-order valence-corrected chi connectivity index (χ0v) is 16.7. The van der Waals surface area contributed by atoms with Gasteiger partial charge in [-0.05, 0) is 48.9 Å². The number of nitrogens with zero attached hydrogens (tertiary/aromatic N) is 2. The van der Waals surface area contributed by atoms with Crippen LogP contribution in [0.3, 0.4) is 0 Å². The van der Waals surface area contributed by atoms with E-state index in [1.54, 1.807) is 7.11 Å². The number of fused-ring (bicyclic) bond motifs is 1. The van der Waals surface area contributed by atoms with Crippen molar-refractivity contribution in [3.05, 3.63) is 24.3 Å². The normalized spacial score (nSPS) is 26.6. The van der Waals surface area contributed by atoms with Gasteiger partial charge in [-0.1, -0.05) is 19.3 Å². The Hall–Kier alpha value is -1.75. The van der Waals surface area contributed by atoms with Crippen LogP contribution in [0.1, 0.15) is 32.1 Å². The monoisotopic (exact) mass is 372 g/mol. The van der Waals surface area contributed by atoms with Crippen LogP contribution in [-0.2, 0) is 4.79 Å². The van der Waals surface area contributed by atoms with Crippen molar-refractivity contribution in [2.45, 2.75) is 32.1 Å². The Kier molecular flexibility index (Phi) is 5.86. The zero-order valence-electron chi connectivity index (χ0n) is 16.7. The number of piperazine rings is 1. The lowest BCUT2D eigenvalue weighted by molar-refractivity contribution is -0.892. The number of piperidine rings is 1. The van der Waals surface area contributed by atoms with E-state index in [-0.39, 0.29) is 0 Å². The molecule has 2 heterocycles. The van der Waals surface area contributed by atoms with Gasteiger partial charge in [0.15, 0.2) is 6.54 Å². The molecule has 2 atom stereocenters. The molecule has 3 aliphatic rings. The molecule has 0 radical (unpaired) electrons. The Morgan fingerprint density at radius 3 is 2.44 bits per heavy atom. The molecule has 1 amide bonds. The molecule has 5 heteroatoms. The van der Waals surface area contributed by atoms with Gasteiger partial charge in [0.1, 0.15) is 5.75 Å². The molecule has 4 rings (SSSR count). The Morgan fingerprint density at radius 2 is 1.74 bits per heavy atom. The fourth-order valence-electron chi connectivity index (χ4n) is 5.20. The molecule has 0 unspecified atom stereocenters. The fourth-order valence-corrected chi connectivity index (χ4v) is 5.20. The molecule has 148 valence electrons. The number of benzene rings is 1. The molecular formula is C22H34N3O2+. The number of carbonyl (C=O) groups is 1. The topological polar surface area (TPSA) is 37.2 Å². The predicted octanol–water partition coefficient (Wildman–Crippen LogP) is 1.44. The van der Waals surface area contributed by atoms with Crippen molar-refractivity contribution in [2.24, 2.45) is 11.8 Å². The first kappa shape index (κ1) is 18.6. The third kappa shape index (κ3) is 4.40. The number of hydrogen-bond acceptors (Lipinski definition) is 3. The molecule has 1 N–H and O–H groups in total. The smallest absolute Gasteiger partial charge is 0.277 e. The summed E-state index contributed by atoms with van der Waals surface area (Å²) in [5.74, 6) is 2.95. The summed E-state index contributed by atoms with van der Waals surface area (Å²) in [6, 6.07) is 8.30. The molecule has 2 saturated heterocycles. The molecule has 0 aromatic heterocycles. The summed E-state index contributed by atoms with van der Waals surface area (Å²) < 4.78 is 5.24. The van der Waals surface area contributed by atoms with Gasteiger partial charge in [-0.3, -0.25) is 4.79 Å². The maximum Gasteiger partial charge on any atom is 0.277 e. The summed E-state index contributed by atoms with van der Waals surface area (Å²) in [6.45, 7) is 6.79. The molecule has 5 nitrogen and oxygen atoms in total. The number of hydrogen-bond donors (Lipinski definition) is 1. The quantitative estimate of drug-likeness (QED) is 0.869. The van der Waals surface area contributed by atoms with Gasteiger partial charge in [0, 0.05) is 18.8 Å². The first-order valence-corrected chi connectivity index (χ1v) is 10.7. The number of anilines is 1. The number of methoxy groups -OCH3 is 1. The third-order valence-corrected chi connectivity index (χ3v) is 6.95. The van der Waals surface area contributed by atoms with E-state index in [1.807, 2.05) is 12.1 Å². The highest BCUT2D eigenvalue weighted by molar-refractivity contribution is 5.77. The van der Waals surface area contributed by atoms with E-state index in [0.717, 1.165) is 56.9 Å². The highest BCUT2D eigenvalue weighted by Gasteiger charge is 2.34. The van der Waals surface area contributed by atoms with Gasteiger partial charge in [-0.2, -0.15) is 0 Å². The van der Waals surface area contributed by atoms with Crippen molar-refractivity contribution in [3.63, 3.8) is 0 Å². The zero-order chi connectivity index (χ0) is 18.6. The summed E-state index contributed by atoms with van der Waals surface area (Å²) in [6.07, 6.45) is 6.73. The number of ether oxygens (including phenoxy) is 1. The standard InChI is InChI=1S/C22H33N3O2/c1-27-21-8-6-20(7-9-21)24-14-12-23(13-15-24)17-22(26)25-11-10-18-4-2-3-5-19(18)16-25/h6-9,18-19H,2-5,10-17H2,1H3/p+1/t18-,19-/m0/s1. The van der Waals surface area contributed by atoms with Crippen LogP contribution < -0.4 is 14.5 Å². The first-order valence-electron chi connectivity index (χ1n) is 10.7. The van der Waals surface area contributed by atoms with Crippen LogP contribution in [0.5, 0.6) is 5.75 Å². The minimum absolute atomic E-state index is 0.381. The minimum Gasteiger partial charge on any atom is -0.497 e. The van der Waals surface area contributed by atoms with Gasteiger partial charge in [0.2, 0.25) is 0 Å². The lowest BCUT2D eigenvalue weighted by Crippen LogP contribution is -3.16. The van der Waals surface area contributed by atoms with Crippen molar-refractivity contribution in [3.8, 4) is 5.75 Å². The van der Waals surface area contributed by atoms with Crippen LogP contribution in [0.4, 0.5) is 5.69 Å². The number of amides is 1. The second kappa shape index (κ2) is 8.51. The number of likely N-dealkylation sites (tertiary alicyclic amines) is 1. The number of rotatable bonds is 4. The molecule has 2 aliphatic heterocycles. The van der Waals surface area contributed by atoms with Crippen molar-refractivity contribution in [2.75, 3.05) is 57.8 Å². The molecule has 3 fully saturated rings. The van der Waals surface area contributed by atoms with E-state index < -0.39 is 0 Å². The second-order valence-electron chi connectivity index (χ2n) is 8.54. The Balaban J connectivity index is 1.24. The third-order valence-electron chi connectivity index (χ3n) is 6.95. The van der Waals surface area contributed by atoms with Crippen molar-refractivity contribution < 1.29 is 14.4 Å². The fraction of sp³-hybridized carbons (Fsp3) is 0.682. The summed E-state index contributed by atoms with van der Waals surface area (Å²) >= 11 is 0. The highest BCUT2D eigenvalue weighted by atomic mass is 16.5. The molecule has 0 spiro atoms. The Labute approximate surface area is 163 Å².